The molecule has 2 rings (SSSR count). The Morgan fingerprint density at radius 3 is 1.30 bits per heavy atom. The number of rotatable bonds is 22. The maximum atomic E-state index is 12.3. The van der Waals surface area contributed by atoms with Crippen LogP contribution in [-0.4, -0.2) is 98.1 Å². The third-order valence-corrected chi connectivity index (χ3v) is 10.8. The van der Waals surface area contributed by atoms with Crippen molar-refractivity contribution in [2.24, 2.45) is 11.8 Å². The summed E-state index contributed by atoms with van der Waals surface area (Å²) in [6.45, 7) is 17.4. The summed E-state index contributed by atoms with van der Waals surface area (Å²) in [5.41, 5.74) is -9.24. The van der Waals surface area contributed by atoms with Gasteiger partial charge in [0.15, 0.2) is 0 Å². The molecule has 0 aromatic carbocycles. The fraction of sp³-hybridized carbons (Fsp3) is 0.765. The summed E-state index contributed by atoms with van der Waals surface area (Å²) in [7, 11) is -11.5. The summed E-state index contributed by atoms with van der Waals surface area (Å²) in [5, 5.41) is 37.9. The van der Waals surface area contributed by atoms with Crippen LogP contribution < -0.4 is 0 Å². The highest BCUT2D eigenvalue weighted by atomic mass is 32.2. The number of hydrogen-bond acceptors (Lipinski definition) is 12. The third kappa shape index (κ3) is 16.9. The van der Waals surface area contributed by atoms with Gasteiger partial charge in [-0.2, -0.15) is 43.2 Å². The number of aliphatic hydroxyl groups is 4. The molecule has 2 saturated heterocycles. The zero-order chi connectivity index (χ0) is 41.7. The minimum atomic E-state index is -5.75. The van der Waals surface area contributed by atoms with E-state index in [1.807, 2.05) is 0 Å². The molecule has 0 bridgehead atoms. The number of halogens is 6. The molecule has 0 amide bonds. The van der Waals surface area contributed by atoms with E-state index in [2.05, 4.69) is 34.7 Å². The summed E-state index contributed by atoms with van der Waals surface area (Å²) < 4.78 is 137. The average Bonchev–Trinajstić information content (AvgIpc) is 3.59. The van der Waals surface area contributed by atoms with Crippen molar-refractivity contribution in [2.75, 3.05) is 13.2 Å². The first-order chi connectivity index (χ1) is 24.7. The molecule has 0 saturated carbocycles. The molecule has 0 aliphatic carbocycles. The first kappa shape index (κ1) is 49.8. The smallest absolute Gasteiger partial charge is 0.396 e. The number of ether oxygens (including phenoxy) is 2. The highest BCUT2D eigenvalue weighted by Crippen LogP contribution is 2.34. The molecule has 12 nitrogen and oxygen atoms in total. The summed E-state index contributed by atoms with van der Waals surface area (Å²) in [6, 6.07) is 0. The lowest BCUT2D eigenvalue weighted by Gasteiger charge is -2.20. The number of hydrogen-bond donors (Lipinski definition) is 4. The average molecular weight is 833 g/mol. The molecule has 0 radical (unpaired) electrons. The summed E-state index contributed by atoms with van der Waals surface area (Å²) in [6.07, 6.45) is 3.43. The van der Waals surface area contributed by atoms with Crippen LogP contribution in [0.4, 0.5) is 26.3 Å². The predicted molar refractivity (Wildman–Crippen MR) is 186 cm³/mol. The Kier molecular flexibility index (Phi) is 20.2. The first-order valence-corrected chi connectivity index (χ1v) is 20.2. The maximum absolute atomic E-state index is 12.3. The Morgan fingerprint density at radius 1 is 0.704 bits per heavy atom. The van der Waals surface area contributed by atoms with Crippen molar-refractivity contribution in [3.8, 4) is 0 Å². The molecule has 0 aromatic heterocycles. The Hall–Kier alpha value is -2.20. The lowest BCUT2D eigenvalue weighted by molar-refractivity contribution is -0.0532. The van der Waals surface area contributed by atoms with Gasteiger partial charge < -0.3 is 38.3 Å². The van der Waals surface area contributed by atoms with Gasteiger partial charge in [-0.25, -0.2) is 0 Å². The molecule has 2 aliphatic rings. The Balaban J connectivity index is 0.000000540. The van der Waals surface area contributed by atoms with Gasteiger partial charge in [0.1, 0.15) is 11.5 Å². The molecule has 20 heteroatoms. The van der Waals surface area contributed by atoms with Crippen LogP contribution >= 0.6 is 0 Å². The largest absolute Gasteiger partial charge is 0.534 e. The molecule has 4 unspecified atom stereocenters. The van der Waals surface area contributed by atoms with Gasteiger partial charge in [0.2, 0.25) is 0 Å². The summed E-state index contributed by atoms with van der Waals surface area (Å²) >= 11 is 0. The van der Waals surface area contributed by atoms with Crippen molar-refractivity contribution in [3.05, 3.63) is 49.0 Å². The zero-order valence-corrected chi connectivity index (χ0v) is 32.1. The molecule has 0 aromatic rings. The van der Waals surface area contributed by atoms with E-state index >= 15 is 0 Å². The highest BCUT2D eigenvalue weighted by molar-refractivity contribution is 7.88. The van der Waals surface area contributed by atoms with Gasteiger partial charge in [-0.3, -0.25) is 0 Å². The summed E-state index contributed by atoms with van der Waals surface area (Å²) in [5.74, 6) is -2.72. The van der Waals surface area contributed by atoms with Crippen molar-refractivity contribution in [1.29, 1.82) is 0 Å². The first-order valence-electron chi connectivity index (χ1n) is 17.4. The van der Waals surface area contributed by atoms with E-state index in [0.29, 0.717) is 51.4 Å². The lowest BCUT2D eigenvalue weighted by atomic mass is 9.96. The van der Waals surface area contributed by atoms with Gasteiger partial charge in [0.25, 0.3) is 0 Å². The lowest BCUT2D eigenvalue weighted by Crippen LogP contribution is -2.27. The molecule has 2 heterocycles. The van der Waals surface area contributed by atoms with E-state index in [1.54, 1.807) is 0 Å². The van der Waals surface area contributed by atoms with E-state index in [4.69, 9.17) is 19.7 Å². The van der Waals surface area contributed by atoms with Gasteiger partial charge >= 0.3 is 31.3 Å². The van der Waals surface area contributed by atoms with Crippen molar-refractivity contribution >= 4 is 20.2 Å². The molecule has 8 atom stereocenters. The second-order valence-electron chi connectivity index (χ2n) is 13.6. The minimum Gasteiger partial charge on any atom is -0.396 e. The van der Waals surface area contributed by atoms with Gasteiger partial charge in [-0.15, -0.1) is 0 Å². The molecular weight excluding hydrogens is 778 g/mol. The van der Waals surface area contributed by atoms with E-state index in [-0.39, 0.29) is 50.5 Å². The molecule has 54 heavy (non-hydrogen) atoms. The fourth-order valence-corrected chi connectivity index (χ4v) is 6.75. The van der Waals surface area contributed by atoms with Crippen LogP contribution in [0.2, 0.25) is 0 Å². The van der Waals surface area contributed by atoms with Gasteiger partial charge in [0.05, 0.1) is 36.6 Å². The number of allylic oxidation sites excluding steroid dienone is 2. The molecule has 0 spiro atoms. The monoisotopic (exact) mass is 832 g/mol. The van der Waals surface area contributed by atoms with Crippen molar-refractivity contribution in [3.63, 3.8) is 0 Å². The van der Waals surface area contributed by atoms with E-state index in [0.717, 1.165) is 24.0 Å². The van der Waals surface area contributed by atoms with Gasteiger partial charge in [-0.05, 0) is 88.2 Å². The molecule has 2 fully saturated rings. The Bertz CT molecular complexity index is 1340. The van der Waals surface area contributed by atoms with Crippen LogP contribution in [0.5, 0.6) is 0 Å². The predicted octanol–water partition coefficient (Wildman–Crippen LogP) is 6.04. The van der Waals surface area contributed by atoms with Crippen LogP contribution in [0.3, 0.4) is 0 Å². The highest BCUT2D eigenvalue weighted by Gasteiger charge is 2.50. The van der Waals surface area contributed by atoms with Crippen LogP contribution in [0.15, 0.2) is 49.0 Å². The zero-order valence-electron chi connectivity index (χ0n) is 30.5. The molecule has 2 aliphatic heterocycles. The van der Waals surface area contributed by atoms with E-state index < -0.39 is 66.8 Å². The number of aliphatic hydroxyl groups excluding tert-OH is 4. The topological polar surface area (TPSA) is 186 Å². The molecule has 316 valence electrons. The minimum absolute atomic E-state index is 0.000647. The quantitative estimate of drug-likeness (QED) is 0.0327. The second-order valence-corrected chi connectivity index (χ2v) is 16.7. The molecular formula is C34H54F6O12S2. The maximum Gasteiger partial charge on any atom is 0.534 e. The standard InChI is InChI=1S/2C17H27F3O6S/c2*1-11(13(3)26-27(23,24)17(18,19)20)9-14(22)6-7-16-12(2)10-15(25-16)5-4-8-21/h2*11,14-16,21-22H,2-10H2,1H3/t2*11?,14-,15+,16?/m11/s1. The SMILES string of the molecule is C=C(OS(=O)(=O)C(F)(F)F)C(C)C[C@H](O)CCC1O[C@@H](CCCO)CC1=C.C=C(OS(=O)(=O)C(F)(F)F)C(C)C[C@H](O)CCC1O[C@@H](CCCO)CC1=C. The van der Waals surface area contributed by atoms with Crippen LogP contribution in [0.25, 0.3) is 0 Å². The van der Waals surface area contributed by atoms with Gasteiger partial charge in [-0.1, -0.05) is 40.2 Å². The number of alkyl halides is 6. The molecule has 4 N–H and O–H groups in total. The van der Waals surface area contributed by atoms with Crippen LogP contribution in [-0.2, 0) is 38.1 Å². The van der Waals surface area contributed by atoms with Crippen molar-refractivity contribution < 1.29 is 81.4 Å². The van der Waals surface area contributed by atoms with E-state index in [9.17, 15) is 53.4 Å². The van der Waals surface area contributed by atoms with Crippen molar-refractivity contribution in [1.82, 2.24) is 0 Å². The van der Waals surface area contributed by atoms with Crippen LogP contribution in [0, 0.1) is 11.8 Å². The van der Waals surface area contributed by atoms with Gasteiger partial charge in [0, 0.05) is 25.0 Å². The van der Waals surface area contributed by atoms with E-state index in [1.165, 1.54) is 13.8 Å². The van der Waals surface area contributed by atoms with Crippen molar-refractivity contribution in [2.45, 2.75) is 139 Å². The second kappa shape index (κ2) is 21.9. The Morgan fingerprint density at radius 2 is 1.02 bits per heavy atom. The fourth-order valence-electron chi connectivity index (χ4n) is 5.67. The third-order valence-electron chi connectivity index (χ3n) is 8.85. The van der Waals surface area contributed by atoms with Crippen LogP contribution in [0.1, 0.15) is 90.9 Å². The Labute approximate surface area is 313 Å². The summed E-state index contributed by atoms with van der Waals surface area (Å²) in [4.78, 5) is 0. The normalized spacial score (nSPS) is 23.3.